The summed E-state index contributed by atoms with van der Waals surface area (Å²) in [5.74, 6) is 1.87. The largest absolute Gasteiger partial charge is 0.492 e. The normalized spacial score (nSPS) is 10.6. The summed E-state index contributed by atoms with van der Waals surface area (Å²) in [6, 6.07) is 12.1. The second kappa shape index (κ2) is 7.04. The van der Waals surface area contributed by atoms with E-state index in [1.807, 2.05) is 18.2 Å². The molecular formula is C16H18BrNOS. The van der Waals surface area contributed by atoms with Crippen molar-refractivity contribution in [1.82, 2.24) is 0 Å². The Labute approximate surface area is 132 Å². The Morgan fingerprint density at radius 3 is 2.70 bits per heavy atom. The molecule has 0 spiro atoms. The maximum absolute atomic E-state index is 5.84. The van der Waals surface area contributed by atoms with Crippen LogP contribution < -0.4 is 10.5 Å². The van der Waals surface area contributed by atoms with E-state index >= 15 is 0 Å². The molecule has 0 saturated heterocycles. The maximum Gasteiger partial charge on any atom is 0.122 e. The van der Waals surface area contributed by atoms with Gasteiger partial charge in [0.2, 0.25) is 0 Å². The minimum Gasteiger partial charge on any atom is -0.492 e. The molecule has 0 amide bonds. The van der Waals surface area contributed by atoms with Crippen molar-refractivity contribution >= 4 is 33.4 Å². The zero-order chi connectivity index (χ0) is 14.5. The molecule has 0 fully saturated rings. The summed E-state index contributed by atoms with van der Waals surface area (Å²) in [4.78, 5) is 1.18. The van der Waals surface area contributed by atoms with Gasteiger partial charge in [0.25, 0.3) is 0 Å². The lowest BCUT2D eigenvalue weighted by atomic mass is 10.1. The minimum absolute atomic E-state index is 0.686. The first-order valence-electron chi connectivity index (χ1n) is 6.44. The number of benzene rings is 2. The van der Waals surface area contributed by atoms with Crippen molar-refractivity contribution in [2.24, 2.45) is 0 Å². The molecule has 0 aliphatic heterocycles. The number of anilines is 1. The van der Waals surface area contributed by atoms with Crippen LogP contribution in [0.1, 0.15) is 11.1 Å². The van der Waals surface area contributed by atoms with E-state index in [-0.39, 0.29) is 0 Å². The van der Waals surface area contributed by atoms with Crippen molar-refractivity contribution in [1.29, 1.82) is 0 Å². The van der Waals surface area contributed by atoms with Crippen LogP contribution in [0, 0.1) is 13.8 Å². The molecule has 2 aromatic carbocycles. The Morgan fingerprint density at radius 1 is 1.15 bits per heavy atom. The Kier molecular flexibility index (Phi) is 5.38. The van der Waals surface area contributed by atoms with E-state index in [9.17, 15) is 0 Å². The topological polar surface area (TPSA) is 35.2 Å². The molecule has 0 heterocycles. The Bertz CT molecular complexity index is 601. The van der Waals surface area contributed by atoms with Crippen LogP contribution in [-0.2, 0) is 0 Å². The number of thioether (sulfide) groups is 1. The monoisotopic (exact) mass is 351 g/mol. The average Bonchev–Trinajstić information content (AvgIpc) is 2.40. The molecule has 2 aromatic rings. The van der Waals surface area contributed by atoms with Crippen molar-refractivity contribution in [2.45, 2.75) is 18.7 Å². The lowest BCUT2D eigenvalue weighted by molar-refractivity contribution is 0.341. The SMILES string of the molecule is Cc1ccc(C)c(OCCSc2ccc(N)cc2Br)c1. The number of halogens is 1. The van der Waals surface area contributed by atoms with Crippen LogP contribution in [0.2, 0.25) is 0 Å². The standard InChI is InChI=1S/C16H18BrNOS/c1-11-3-4-12(2)15(9-11)19-7-8-20-16-6-5-13(18)10-14(16)17/h3-6,9-10H,7-8,18H2,1-2H3. The van der Waals surface area contributed by atoms with E-state index in [2.05, 4.69) is 48.0 Å². The number of ether oxygens (including phenoxy) is 1. The minimum atomic E-state index is 0.686. The zero-order valence-corrected chi connectivity index (χ0v) is 14.1. The Morgan fingerprint density at radius 2 is 1.95 bits per heavy atom. The maximum atomic E-state index is 5.84. The molecule has 0 atom stereocenters. The van der Waals surface area contributed by atoms with Gasteiger partial charge >= 0.3 is 0 Å². The third kappa shape index (κ3) is 4.18. The van der Waals surface area contributed by atoms with E-state index < -0.39 is 0 Å². The van der Waals surface area contributed by atoms with Crippen LogP contribution in [-0.4, -0.2) is 12.4 Å². The molecular weight excluding hydrogens is 334 g/mol. The summed E-state index contributed by atoms with van der Waals surface area (Å²) in [5.41, 5.74) is 8.89. The van der Waals surface area contributed by atoms with Crippen molar-refractivity contribution < 1.29 is 4.74 Å². The summed E-state index contributed by atoms with van der Waals surface area (Å²) in [6.45, 7) is 4.83. The smallest absolute Gasteiger partial charge is 0.122 e. The fourth-order valence-electron chi connectivity index (χ4n) is 1.80. The van der Waals surface area contributed by atoms with Crippen molar-refractivity contribution in [3.8, 4) is 5.75 Å². The number of hydrogen-bond donors (Lipinski definition) is 1. The van der Waals surface area contributed by atoms with Crippen LogP contribution in [0.25, 0.3) is 0 Å². The molecule has 0 bridgehead atoms. The van der Waals surface area contributed by atoms with Gasteiger partial charge in [-0.05, 0) is 65.2 Å². The predicted molar refractivity (Wildman–Crippen MR) is 90.7 cm³/mol. The van der Waals surface area contributed by atoms with Crippen LogP contribution in [0.15, 0.2) is 45.8 Å². The van der Waals surface area contributed by atoms with Gasteiger partial charge in [-0.25, -0.2) is 0 Å². The van der Waals surface area contributed by atoms with E-state index in [0.29, 0.717) is 6.61 Å². The highest BCUT2D eigenvalue weighted by atomic mass is 79.9. The third-order valence-electron chi connectivity index (χ3n) is 2.90. The quantitative estimate of drug-likeness (QED) is 0.476. The van der Waals surface area contributed by atoms with E-state index in [4.69, 9.17) is 10.5 Å². The number of rotatable bonds is 5. The van der Waals surface area contributed by atoms with Crippen molar-refractivity contribution in [3.05, 3.63) is 52.0 Å². The molecule has 0 unspecified atom stereocenters. The average molecular weight is 352 g/mol. The first-order valence-corrected chi connectivity index (χ1v) is 8.22. The fraction of sp³-hybridized carbons (Fsp3) is 0.250. The summed E-state index contributed by atoms with van der Waals surface area (Å²) < 4.78 is 6.88. The zero-order valence-electron chi connectivity index (χ0n) is 11.7. The molecule has 0 saturated carbocycles. The highest BCUT2D eigenvalue weighted by molar-refractivity contribution is 9.10. The van der Waals surface area contributed by atoms with Gasteiger partial charge in [0.05, 0.1) is 6.61 Å². The van der Waals surface area contributed by atoms with Gasteiger partial charge in [-0.1, -0.05) is 12.1 Å². The van der Waals surface area contributed by atoms with Gasteiger partial charge in [-0.15, -0.1) is 11.8 Å². The van der Waals surface area contributed by atoms with Crippen molar-refractivity contribution in [3.63, 3.8) is 0 Å². The van der Waals surface area contributed by atoms with Gasteiger partial charge < -0.3 is 10.5 Å². The Hall–Kier alpha value is -1.13. The molecule has 2 N–H and O–H groups in total. The first kappa shape index (κ1) is 15.3. The van der Waals surface area contributed by atoms with Crippen LogP contribution >= 0.6 is 27.7 Å². The molecule has 0 aromatic heterocycles. The lowest BCUT2D eigenvalue weighted by Gasteiger charge is -2.10. The third-order valence-corrected chi connectivity index (χ3v) is 4.85. The summed E-state index contributed by atoms with van der Waals surface area (Å²) in [5, 5.41) is 0. The van der Waals surface area contributed by atoms with Crippen molar-refractivity contribution in [2.75, 3.05) is 18.1 Å². The van der Waals surface area contributed by atoms with Crippen LogP contribution in [0.4, 0.5) is 5.69 Å². The van der Waals surface area contributed by atoms with Crippen LogP contribution in [0.3, 0.4) is 0 Å². The fourth-order valence-corrected chi connectivity index (χ4v) is 3.29. The van der Waals surface area contributed by atoms with Gasteiger partial charge in [-0.2, -0.15) is 0 Å². The Balaban J connectivity index is 1.86. The number of aryl methyl sites for hydroxylation is 2. The highest BCUT2D eigenvalue weighted by Crippen LogP contribution is 2.29. The second-order valence-electron chi connectivity index (χ2n) is 4.66. The van der Waals surface area contributed by atoms with E-state index in [1.165, 1.54) is 16.0 Å². The molecule has 0 aliphatic carbocycles. The lowest BCUT2D eigenvalue weighted by Crippen LogP contribution is -2.01. The predicted octanol–water partition coefficient (Wildman–Crippen LogP) is 4.82. The number of hydrogen-bond acceptors (Lipinski definition) is 3. The highest BCUT2D eigenvalue weighted by Gasteiger charge is 2.03. The summed E-state index contributed by atoms with van der Waals surface area (Å²) in [7, 11) is 0. The summed E-state index contributed by atoms with van der Waals surface area (Å²) in [6.07, 6.45) is 0. The molecule has 2 rings (SSSR count). The van der Waals surface area contributed by atoms with E-state index in [1.54, 1.807) is 11.8 Å². The molecule has 4 heteroatoms. The van der Waals surface area contributed by atoms with E-state index in [0.717, 1.165) is 21.7 Å². The molecule has 106 valence electrons. The number of nitrogen functional groups attached to an aromatic ring is 1. The first-order chi connectivity index (χ1) is 9.56. The van der Waals surface area contributed by atoms with Gasteiger partial charge in [0.15, 0.2) is 0 Å². The molecule has 20 heavy (non-hydrogen) atoms. The van der Waals surface area contributed by atoms with Gasteiger partial charge in [-0.3, -0.25) is 0 Å². The molecule has 0 radical (unpaired) electrons. The molecule has 2 nitrogen and oxygen atoms in total. The number of nitrogens with two attached hydrogens (primary N) is 1. The van der Waals surface area contributed by atoms with Gasteiger partial charge in [0.1, 0.15) is 5.75 Å². The van der Waals surface area contributed by atoms with Crippen LogP contribution in [0.5, 0.6) is 5.75 Å². The van der Waals surface area contributed by atoms with Gasteiger partial charge in [0, 0.05) is 20.8 Å². The second-order valence-corrected chi connectivity index (χ2v) is 6.65. The summed E-state index contributed by atoms with van der Waals surface area (Å²) >= 11 is 5.28. The molecule has 0 aliphatic rings.